The average molecular weight is 646 g/mol. The van der Waals surface area contributed by atoms with Crippen LogP contribution in [-0.4, -0.2) is 4.98 Å². The predicted molar refractivity (Wildman–Crippen MR) is 154 cm³/mol. The molecule has 0 aliphatic rings. The van der Waals surface area contributed by atoms with E-state index in [1.807, 2.05) is 6.07 Å². The van der Waals surface area contributed by atoms with Crippen molar-refractivity contribution in [1.29, 1.82) is 0 Å². The summed E-state index contributed by atoms with van der Waals surface area (Å²) in [5.74, 6) is -11.4. The van der Waals surface area contributed by atoms with E-state index in [2.05, 4.69) is 16.6 Å². The fraction of sp³-hybridized carbons (Fsp3) is 0.171. The molecule has 238 valence electrons. The maximum atomic E-state index is 15.1. The molecule has 5 aromatic rings. The Kier molecular flexibility index (Phi) is 9.41. The Bertz CT molecular complexity index is 1840. The third-order valence-electron chi connectivity index (χ3n) is 7.27. The highest BCUT2D eigenvalue weighted by atomic mass is 19.3. The second kappa shape index (κ2) is 13.3. The molecule has 0 saturated heterocycles. The molecule has 0 aliphatic heterocycles. The van der Waals surface area contributed by atoms with Gasteiger partial charge in [0, 0.05) is 29.5 Å². The van der Waals surface area contributed by atoms with Gasteiger partial charge in [0.2, 0.25) is 0 Å². The van der Waals surface area contributed by atoms with Gasteiger partial charge in [-0.3, -0.25) is 4.98 Å². The lowest BCUT2D eigenvalue weighted by Gasteiger charge is -2.20. The van der Waals surface area contributed by atoms with E-state index < -0.39 is 74.8 Å². The molecule has 0 spiro atoms. The topological polar surface area (TPSA) is 22.1 Å². The minimum absolute atomic E-state index is 0.287. The fourth-order valence-electron chi connectivity index (χ4n) is 4.97. The second-order valence-electron chi connectivity index (χ2n) is 10.5. The Labute approximate surface area is 258 Å². The van der Waals surface area contributed by atoms with Gasteiger partial charge in [-0.05, 0) is 65.9 Å². The second-order valence-corrected chi connectivity index (χ2v) is 10.5. The van der Waals surface area contributed by atoms with Crippen LogP contribution >= 0.6 is 0 Å². The molecule has 0 atom stereocenters. The molecule has 4 aromatic carbocycles. The van der Waals surface area contributed by atoms with Crippen LogP contribution in [0, 0.1) is 40.7 Å². The van der Waals surface area contributed by atoms with Crippen LogP contribution in [0.2, 0.25) is 0 Å². The minimum atomic E-state index is -4.79. The smallest absolute Gasteiger partial charge is 0.429 e. The highest BCUT2D eigenvalue weighted by Gasteiger charge is 2.41. The number of hydrogen-bond acceptors (Lipinski definition) is 2. The Balaban J connectivity index is 1.38. The molecule has 0 fully saturated rings. The average Bonchev–Trinajstić information content (AvgIpc) is 2.98. The first kappa shape index (κ1) is 32.6. The van der Waals surface area contributed by atoms with E-state index in [1.54, 1.807) is 12.3 Å². The molecule has 2 nitrogen and oxygen atoms in total. The molecular weight excluding hydrogens is 621 g/mol. The normalized spacial score (nSPS) is 11.6. The van der Waals surface area contributed by atoms with Crippen LogP contribution in [0.15, 0.2) is 79.0 Å². The molecule has 1 heterocycles. The van der Waals surface area contributed by atoms with Crippen LogP contribution in [0.4, 0.5) is 39.5 Å². The van der Waals surface area contributed by atoms with Crippen LogP contribution < -0.4 is 4.74 Å². The zero-order chi connectivity index (χ0) is 33.2. The standard InChI is InChI=1S/C35H24F9NO/c1-2-3-4-5-19-6-11-32(45-18-19)20-7-9-24(26(37)12-20)22-14-30(41)34(31(42)15-22)35(43,44)46-23-16-28(39)33(29(40)17-23)21-8-10-25(36)27(38)13-21/h6-18H,2-5H2,1H3. The number of halogens is 9. The summed E-state index contributed by atoms with van der Waals surface area (Å²) < 4.78 is 136. The van der Waals surface area contributed by atoms with E-state index in [0.29, 0.717) is 47.7 Å². The lowest BCUT2D eigenvalue weighted by Crippen LogP contribution is -2.25. The van der Waals surface area contributed by atoms with Gasteiger partial charge < -0.3 is 4.74 Å². The van der Waals surface area contributed by atoms with Crippen molar-refractivity contribution < 1.29 is 44.3 Å². The molecule has 0 unspecified atom stereocenters. The van der Waals surface area contributed by atoms with Gasteiger partial charge in [0.15, 0.2) is 11.6 Å². The largest absolute Gasteiger partial charge is 0.432 e. The summed E-state index contributed by atoms with van der Waals surface area (Å²) in [6, 6.07) is 10.9. The molecule has 0 radical (unpaired) electrons. The molecule has 11 heteroatoms. The summed E-state index contributed by atoms with van der Waals surface area (Å²) in [6.45, 7) is 2.10. The lowest BCUT2D eigenvalue weighted by atomic mass is 9.99. The molecule has 0 N–H and O–H groups in total. The SMILES string of the molecule is CCCCCc1ccc(-c2ccc(-c3cc(F)c(C(F)(F)Oc4cc(F)c(-c5ccc(F)c(F)c5)c(F)c4)c(F)c3)c(F)c2)nc1. The van der Waals surface area contributed by atoms with E-state index in [9.17, 15) is 35.1 Å². The number of pyridine rings is 1. The van der Waals surface area contributed by atoms with Gasteiger partial charge in [0.05, 0.1) is 11.3 Å². The van der Waals surface area contributed by atoms with E-state index in [-0.39, 0.29) is 5.56 Å². The van der Waals surface area contributed by atoms with Gasteiger partial charge in [-0.1, -0.05) is 44.0 Å². The monoisotopic (exact) mass is 645 g/mol. The van der Waals surface area contributed by atoms with Crippen molar-refractivity contribution in [2.45, 2.75) is 38.7 Å². The minimum Gasteiger partial charge on any atom is -0.429 e. The number of rotatable bonds is 10. The summed E-state index contributed by atoms with van der Waals surface area (Å²) >= 11 is 0. The molecule has 0 amide bonds. The van der Waals surface area contributed by atoms with Crippen LogP contribution in [0.25, 0.3) is 33.5 Å². The summed E-state index contributed by atoms with van der Waals surface area (Å²) in [4.78, 5) is 4.35. The van der Waals surface area contributed by atoms with Crippen LogP contribution in [0.1, 0.15) is 37.3 Å². The number of hydrogen-bond donors (Lipinski definition) is 0. The molecular formula is C35H24F9NO. The number of unbranched alkanes of at least 4 members (excludes halogenated alkanes) is 2. The molecule has 0 saturated carbocycles. The van der Waals surface area contributed by atoms with Crippen LogP contribution in [0.3, 0.4) is 0 Å². The van der Waals surface area contributed by atoms with E-state index in [4.69, 9.17) is 0 Å². The molecule has 1 aromatic heterocycles. The molecule has 0 aliphatic carbocycles. The quantitative estimate of drug-likeness (QED) is 0.111. The van der Waals surface area contributed by atoms with Crippen molar-refractivity contribution in [3.63, 3.8) is 0 Å². The highest BCUT2D eigenvalue weighted by molar-refractivity contribution is 5.70. The zero-order valence-corrected chi connectivity index (χ0v) is 24.1. The van der Waals surface area contributed by atoms with Crippen molar-refractivity contribution in [2.75, 3.05) is 0 Å². The highest BCUT2D eigenvalue weighted by Crippen LogP contribution is 2.39. The first-order chi connectivity index (χ1) is 21.9. The van der Waals surface area contributed by atoms with Gasteiger partial charge >= 0.3 is 6.11 Å². The Morgan fingerprint density at radius 1 is 0.609 bits per heavy atom. The Hall–Kier alpha value is -4.80. The zero-order valence-electron chi connectivity index (χ0n) is 24.1. The summed E-state index contributed by atoms with van der Waals surface area (Å²) in [5, 5.41) is 0. The van der Waals surface area contributed by atoms with Crippen LogP contribution in [0.5, 0.6) is 5.75 Å². The van der Waals surface area contributed by atoms with Crippen molar-refractivity contribution in [2.24, 2.45) is 0 Å². The third kappa shape index (κ3) is 6.88. The summed E-state index contributed by atoms with van der Waals surface area (Å²) in [6.07, 6.45) is 0.923. The van der Waals surface area contributed by atoms with Gasteiger partial charge in [0.1, 0.15) is 40.4 Å². The Morgan fingerprint density at radius 2 is 1.24 bits per heavy atom. The molecule has 0 bridgehead atoms. The summed E-state index contributed by atoms with van der Waals surface area (Å²) in [7, 11) is 0. The van der Waals surface area contributed by atoms with E-state index in [0.717, 1.165) is 43.4 Å². The lowest BCUT2D eigenvalue weighted by molar-refractivity contribution is -0.189. The maximum absolute atomic E-state index is 15.1. The van der Waals surface area contributed by atoms with Gasteiger partial charge in [0.25, 0.3) is 0 Å². The predicted octanol–water partition coefficient (Wildman–Crippen LogP) is 10.9. The number of alkyl halides is 2. The van der Waals surface area contributed by atoms with E-state index in [1.165, 1.54) is 12.1 Å². The number of benzene rings is 4. The fourth-order valence-corrected chi connectivity index (χ4v) is 4.97. The van der Waals surface area contributed by atoms with Gasteiger partial charge in [-0.15, -0.1) is 0 Å². The van der Waals surface area contributed by atoms with E-state index >= 15 is 4.39 Å². The molecule has 46 heavy (non-hydrogen) atoms. The molecule has 5 rings (SSSR count). The first-order valence-electron chi connectivity index (χ1n) is 14.1. The van der Waals surface area contributed by atoms with Crippen molar-refractivity contribution >= 4 is 0 Å². The number of aryl methyl sites for hydroxylation is 1. The van der Waals surface area contributed by atoms with Crippen molar-refractivity contribution in [1.82, 2.24) is 4.98 Å². The first-order valence-corrected chi connectivity index (χ1v) is 14.1. The van der Waals surface area contributed by atoms with Gasteiger partial charge in [-0.25, -0.2) is 30.7 Å². The number of aromatic nitrogens is 1. The Morgan fingerprint density at radius 3 is 1.83 bits per heavy atom. The van der Waals surface area contributed by atoms with Crippen LogP contribution in [-0.2, 0) is 12.5 Å². The van der Waals surface area contributed by atoms with Crippen molar-refractivity contribution in [3.05, 3.63) is 131 Å². The number of nitrogens with zero attached hydrogens (tertiary/aromatic N) is 1. The summed E-state index contributed by atoms with van der Waals surface area (Å²) in [5.41, 5.74) is -2.02. The maximum Gasteiger partial charge on any atom is 0.432 e. The number of ether oxygens (including phenoxy) is 1. The van der Waals surface area contributed by atoms with Crippen molar-refractivity contribution in [3.8, 4) is 39.3 Å². The third-order valence-corrected chi connectivity index (χ3v) is 7.27. The van der Waals surface area contributed by atoms with Gasteiger partial charge in [-0.2, -0.15) is 8.78 Å².